The minimum absolute atomic E-state index is 0.0736. The normalized spacial score (nSPS) is 18.5. The lowest BCUT2D eigenvalue weighted by Crippen LogP contribution is -2.48. The Hall–Kier alpha value is -3.60. The van der Waals surface area contributed by atoms with Crippen molar-refractivity contribution in [2.45, 2.75) is 50.7 Å². The second-order valence-corrected chi connectivity index (χ2v) is 9.08. The van der Waals surface area contributed by atoms with Gasteiger partial charge in [-0.15, -0.1) is 0 Å². The monoisotopic (exact) mass is 523 g/mol. The Morgan fingerprint density at radius 1 is 0.973 bits per heavy atom. The van der Waals surface area contributed by atoms with Crippen LogP contribution in [0.1, 0.15) is 43.3 Å². The van der Waals surface area contributed by atoms with Crippen molar-refractivity contribution in [3.05, 3.63) is 89.5 Å². The number of nitrogens with zero attached hydrogens (tertiary/aromatic N) is 2. The minimum atomic E-state index is -4.64. The van der Waals surface area contributed by atoms with Crippen LogP contribution < -0.4 is 15.0 Å². The van der Waals surface area contributed by atoms with Crippen LogP contribution in [0.15, 0.2) is 66.7 Å². The maximum atomic E-state index is 14.8. The van der Waals surface area contributed by atoms with Gasteiger partial charge >= 0.3 is 12.8 Å². The first-order valence-electron chi connectivity index (χ1n) is 11.3. The smallest absolute Gasteiger partial charge is 0.433 e. The van der Waals surface area contributed by atoms with Crippen LogP contribution in [0.2, 0.25) is 0 Å². The third-order valence-corrected chi connectivity index (χ3v) is 6.13. The van der Waals surface area contributed by atoms with Crippen LogP contribution in [0.25, 0.3) is 0 Å². The molecule has 1 aliphatic heterocycles. The topological polar surface area (TPSA) is 54.5 Å². The fraction of sp³-hybridized carbons (Fsp3) is 0.308. The molecular weight excluding hydrogens is 500 g/mol. The minimum Gasteiger partial charge on any atom is -0.435 e. The van der Waals surface area contributed by atoms with Gasteiger partial charge in [-0.25, -0.2) is 9.37 Å². The molecule has 11 heteroatoms. The van der Waals surface area contributed by atoms with Crippen molar-refractivity contribution in [2.75, 3.05) is 4.90 Å². The second kappa shape index (κ2) is 10.0. The first kappa shape index (κ1) is 26.5. The maximum absolute atomic E-state index is 14.8. The van der Waals surface area contributed by atoms with E-state index in [0.29, 0.717) is 5.69 Å². The lowest BCUT2D eigenvalue weighted by atomic mass is 9.96. The molecule has 3 aromatic rings. The van der Waals surface area contributed by atoms with E-state index in [4.69, 9.17) is 0 Å². The van der Waals surface area contributed by atoms with Gasteiger partial charge in [0, 0.05) is 11.3 Å². The number of nitrogens with one attached hydrogen (secondary N) is 1. The Labute approximate surface area is 209 Å². The molecule has 37 heavy (non-hydrogen) atoms. The fourth-order valence-electron chi connectivity index (χ4n) is 4.43. The Bertz CT molecular complexity index is 1260. The molecule has 1 aromatic heterocycles. The molecular formula is C26H23F6N3O2. The summed E-state index contributed by atoms with van der Waals surface area (Å²) in [4.78, 5) is 18.7. The molecule has 0 radical (unpaired) electrons. The van der Waals surface area contributed by atoms with Gasteiger partial charge in [-0.2, -0.15) is 22.0 Å². The van der Waals surface area contributed by atoms with E-state index < -0.39 is 47.8 Å². The Kier molecular flexibility index (Phi) is 7.18. The summed E-state index contributed by atoms with van der Waals surface area (Å²) in [5.41, 5.74) is -1.59. The SMILES string of the molecule is CC(C)(N[C@@H]1C[C@H](c2ccccc2F)N(c2ccc(OC(F)F)cc2)C1=O)c1cccc(C(F)(F)F)n1. The average molecular weight is 523 g/mol. The zero-order chi connectivity index (χ0) is 27.0. The van der Waals surface area contributed by atoms with Gasteiger partial charge in [-0.05, 0) is 62.7 Å². The number of hydrogen-bond donors (Lipinski definition) is 1. The Balaban J connectivity index is 1.67. The number of carbonyl (C=O) groups excluding carboxylic acids is 1. The number of alkyl halides is 5. The molecule has 1 aliphatic rings. The zero-order valence-corrected chi connectivity index (χ0v) is 19.8. The number of pyridine rings is 1. The van der Waals surface area contributed by atoms with Gasteiger partial charge in [0.1, 0.15) is 17.3 Å². The molecule has 5 nitrogen and oxygen atoms in total. The average Bonchev–Trinajstić information content (AvgIpc) is 3.14. The third-order valence-electron chi connectivity index (χ3n) is 6.13. The van der Waals surface area contributed by atoms with Crippen LogP contribution in [-0.2, 0) is 16.5 Å². The van der Waals surface area contributed by atoms with Crippen molar-refractivity contribution in [3.8, 4) is 5.75 Å². The molecule has 1 N–H and O–H groups in total. The molecule has 0 spiro atoms. The van der Waals surface area contributed by atoms with Crippen LogP contribution in [0.4, 0.5) is 32.0 Å². The summed E-state index contributed by atoms with van der Waals surface area (Å²) >= 11 is 0. The summed E-state index contributed by atoms with van der Waals surface area (Å²) in [5, 5.41) is 3.09. The molecule has 0 bridgehead atoms. The van der Waals surface area contributed by atoms with E-state index in [1.54, 1.807) is 19.9 Å². The van der Waals surface area contributed by atoms with Crippen LogP contribution in [0, 0.1) is 5.82 Å². The van der Waals surface area contributed by atoms with E-state index in [2.05, 4.69) is 15.0 Å². The number of ether oxygens (including phenoxy) is 1. The van der Waals surface area contributed by atoms with Crippen molar-refractivity contribution in [1.82, 2.24) is 10.3 Å². The van der Waals surface area contributed by atoms with Gasteiger partial charge in [-0.3, -0.25) is 10.1 Å². The molecule has 196 valence electrons. The van der Waals surface area contributed by atoms with Crippen molar-refractivity contribution >= 4 is 11.6 Å². The van der Waals surface area contributed by atoms with E-state index >= 15 is 0 Å². The van der Waals surface area contributed by atoms with Gasteiger partial charge in [0.25, 0.3) is 0 Å². The van der Waals surface area contributed by atoms with Crippen molar-refractivity contribution in [1.29, 1.82) is 0 Å². The van der Waals surface area contributed by atoms with Crippen LogP contribution in [-0.4, -0.2) is 23.5 Å². The van der Waals surface area contributed by atoms with Gasteiger partial charge in [-0.1, -0.05) is 24.3 Å². The number of rotatable bonds is 7. The summed E-state index contributed by atoms with van der Waals surface area (Å²) in [7, 11) is 0. The number of halogens is 6. The number of amides is 1. The molecule has 1 amide bonds. The molecule has 0 aliphatic carbocycles. The molecule has 2 heterocycles. The maximum Gasteiger partial charge on any atom is 0.433 e. The molecule has 1 fully saturated rings. The summed E-state index contributed by atoms with van der Waals surface area (Å²) in [6.45, 7) is 0.172. The number of carbonyl (C=O) groups is 1. The highest BCUT2D eigenvalue weighted by atomic mass is 19.4. The van der Waals surface area contributed by atoms with Crippen LogP contribution in [0.3, 0.4) is 0 Å². The van der Waals surface area contributed by atoms with Crippen molar-refractivity contribution < 1.29 is 35.9 Å². The van der Waals surface area contributed by atoms with Gasteiger partial charge in [0.05, 0.1) is 23.3 Å². The van der Waals surface area contributed by atoms with E-state index in [-0.39, 0.29) is 23.4 Å². The summed E-state index contributed by atoms with van der Waals surface area (Å²) in [6, 6.07) is 13.1. The number of anilines is 1. The summed E-state index contributed by atoms with van der Waals surface area (Å²) in [6.07, 6.45) is -4.54. The van der Waals surface area contributed by atoms with Crippen molar-refractivity contribution in [2.24, 2.45) is 0 Å². The number of hydrogen-bond acceptors (Lipinski definition) is 4. The summed E-state index contributed by atoms with van der Waals surface area (Å²) < 4.78 is 83.9. The highest BCUT2D eigenvalue weighted by molar-refractivity contribution is 6.00. The molecule has 2 atom stereocenters. The van der Waals surface area contributed by atoms with Gasteiger partial charge in [0.15, 0.2) is 0 Å². The van der Waals surface area contributed by atoms with E-state index in [0.717, 1.165) is 6.07 Å². The number of aromatic nitrogens is 1. The van der Waals surface area contributed by atoms with Crippen molar-refractivity contribution in [3.63, 3.8) is 0 Å². The van der Waals surface area contributed by atoms with Crippen LogP contribution in [0.5, 0.6) is 5.75 Å². The largest absolute Gasteiger partial charge is 0.435 e. The Morgan fingerprint density at radius 3 is 2.24 bits per heavy atom. The molecule has 1 saturated heterocycles. The first-order chi connectivity index (χ1) is 17.4. The van der Waals surface area contributed by atoms with E-state index in [1.165, 1.54) is 59.5 Å². The van der Waals surface area contributed by atoms with E-state index in [9.17, 15) is 31.1 Å². The van der Waals surface area contributed by atoms with Crippen LogP contribution >= 0.6 is 0 Å². The number of benzene rings is 2. The first-order valence-corrected chi connectivity index (χ1v) is 11.3. The molecule has 0 saturated carbocycles. The highest BCUT2D eigenvalue weighted by Crippen LogP contribution is 2.40. The zero-order valence-electron chi connectivity index (χ0n) is 19.8. The molecule has 2 aromatic carbocycles. The third kappa shape index (κ3) is 5.71. The summed E-state index contributed by atoms with van der Waals surface area (Å²) in [5.74, 6) is -1.11. The van der Waals surface area contributed by atoms with Gasteiger partial charge in [0.2, 0.25) is 5.91 Å². The van der Waals surface area contributed by atoms with E-state index in [1.807, 2.05) is 0 Å². The highest BCUT2D eigenvalue weighted by Gasteiger charge is 2.44. The molecule has 0 unspecified atom stereocenters. The standard InChI is InChI=1S/C26H23F6N3O2/c1-25(2,21-8-5-9-22(33-21)26(30,31)32)34-19-14-20(17-6-3-4-7-18(17)27)35(23(19)36)15-10-12-16(13-11-15)37-24(28)29/h3-13,19-20,24,34H,14H2,1-2H3/t19-,20-/m1/s1. The lowest BCUT2D eigenvalue weighted by molar-refractivity contribution is -0.141. The van der Waals surface area contributed by atoms with Gasteiger partial charge < -0.3 is 9.64 Å². The fourth-order valence-corrected chi connectivity index (χ4v) is 4.43. The Morgan fingerprint density at radius 2 is 1.62 bits per heavy atom. The quantitative estimate of drug-likeness (QED) is 0.374. The lowest BCUT2D eigenvalue weighted by Gasteiger charge is -2.29. The molecule has 4 rings (SSSR count). The predicted molar refractivity (Wildman–Crippen MR) is 124 cm³/mol. The predicted octanol–water partition coefficient (Wildman–Crippen LogP) is 6.21. The second-order valence-electron chi connectivity index (χ2n) is 9.08.